The second-order valence-electron chi connectivity index (χ2n) is 10.6. The maximum Gasteiger partial charge on any atom is 0.511 e. The average Bonchev–Trinajstić information content (AvgIpc) is 3.51. The van der Waals surface area contributed by atoms with Gasteiger partial charge in [0.1, 0.15) is 12.6 Å². The number of sulfonamides is 1. The van der Waals surface area contributed by atoms with Gasteiger partial charge in [0.2, 0.25) is 11.2 Å². The highest BCUT2D eigenvalue weighted by atomic mass is 32.2. The molecule has 0 saturated heterocycles. The van der Waals surface area contributed by atoms with Crippen molar-refractivity contribution in [1.82, 2.24) is 19.5 Å². The van der Waals surface area contributed by atoms with E-state index in [2.05, 4.69) is 19.8 Å². The third kappa shape index (κ3) is 11.1. The standard InChI is InChI=1S/C30H35F3N6O10S/c1-6-46-29(42)48-21(4)49-36-39(43)37(5)20(3)18-47-28(41)16-15-27(40)35-50(44,45)24-13-11-23(12-14-24)38-25(17-26(34-38)30(31,32)33)22-9-7-19(2)8-10-22/h7-14,17,20-21H,6,15-16,18H2,1-5H3,(H,35,40)/t20-,21?/m0/s1. The highest BCUT2D eigenvalue weighted by Crippen LogP contribution is 2.33. The van der Waals surface area contributed by atoms with E-state index in [1.165, 1.54) is 33.0 Å². The predicted octanol–water partition coefficient (Wildman–Crippen LogP) is 4.64. The van der Waals surface area contributed by atoms with Crippen LogP contribution in [-0.2, 0) is 44.8 Å². The molecule has 2 atom stereocenters. The molecule has 3 rings (SSSR count). The number of nitrogens with zero attached hydrogens (tertiary/aromatic N) is 5. The van der Waals surface area contributed by atoms with Gasteiger partial charge < -0.3 is 19.4 Å². The van der Waals surface area contributed by atoms with Gasteiger partial charge in [0.05, 0.1) is 41.3 Å². The third-order valence-corrected chi connectivity index (χ3v) is 8.12. The third-order valence-electron chi connectivity index (χ3n) is 6.73. The number of likely N-dealkylation sites (N-methyl/N-ethyl adjacent to an activating group) is 1. The maximum absolute atomic E-state index is 13.5. The van der Waals surface area contributed by atoms with Crippen molar-refractivity contribution in [3.63, 3.8) is 0 Å². The zero-order chi connectivity index (χ0) is 37.2. The number of aromatic nitrogens is 2. The summed E-state index contributed by atoms with van der Waals surface area (Å²) in [5.74, 6) is -1.90. The van der Waals surface area contributed by atoms with E-state index in [1.807, 2.05) is 11.6 Å². The van der Waals surface area contributed by atoms with E-state index in [9.17, 15) is 41.2 Å². The first-order valence-corrected chi connectivity index (χ1v) is 16.4. The summed E-state index contributed by atoms with van der Waals surface area (Å²) >= 11 is 0. The molecule has 0 aliphatic rings. The van der Waals surface area contributed by atoms with Crippen molar-refractivity contribution in [2.75, 3.05) is 20.3 Å². The molecule has 0 aliphatic heterocycles. The molecule has 1 amide bonds. The molecule has 0 spiro atoms. The number of hydrogen-bond donors (Lipinski definition) is 1. The van der Waals surface area contributed by atoms with E-state index < -0.39 is 65.1 Å². The number of esters is 1. The fourth-order valence-electron chi connectivity index (χ4n) is 3.92. The van der Waals surface area contributed by atoms with Crippen LogP contribution >= 0.6 is 0 Å². The molecule has 1 unspecified atom stereocenters. The topological polar surface area (TPSA) is 194 Å². The largest absolute Gasteiger partial charge is 0.569 e. The van der Waals surface area contributed by atoms with Crippen molar-refractivity contribution in [3.05, 3.63) is 71.1 Å². The Labute approximate surface area is 284 Å². The number of hydrazine groups is 1. The SMILES string of the molecule is CCOC(=O)OC(C)ON=[N+]([O-])N(C)[C@@H](C)COC(=O)CCC(=O)NS(=O)(=O)c1ccc(-n2nc(C(F)(F)F)cc2-c2ccc(C)cc2)cc1. The van der Waals surface area contributed by atoms with E-state index in [0.29, 0.717) is 5.56 Å². The molecule has 1 heterocycles. The van der Waals surface area contributed by atoms with Crippen molar-refractivity contribution in [2.45, 2.75) is 63.9 Å². The lowest BCUT2D eigenvalue weighted by molar-refractivity contribution is -0.714. The Morgan fingerprint density at radius 1 is 1.06 bits per heavy atom. The summed E-state index contributed by atoms with van der Waals surface area (Å²) in [4.78, 5) is 40.2. The normalized spacial score (nSPS) is 13.2. The molecule has 272 valence electrons. The quantitative estimate of drug-likeness (QED) is 0.0750. The monoisotopic (exact) mass is 728 g/mol. The minimum atomic E-state index is -4.73. The van der Waals surface area contributed by atoms with E-state index in [0.717, 1.165) is 33.5 Å². The fourth-order valence-corrected chi connectivity index (χ4v) is 4.94. The molecule has 50 heavy (non-hydrogen) atoms. The van der Waals surface area contributed by atoms with Gasteiger partial charge in [-0.1, -0.05) is 29.8 Å². The molecule has 0 radical (unpaired) electrons. The van der Waals surface area contributed by atoms with Crippen LogP contribution in [0.3, 0.4) is 0 Å². The number of alkyl halides is 3. The van der Waals surface area contributed by atoms with Crippen LogP contribution in [0.1, 0.15) is 44.9 Å². The van der Waals surface area contributed by atoms with Gasteiger partial charge in [-0.3, -0.25) is 14.4 Å². The average molecular weight is 729 g/mol. The van der Waals surface area contributed by atoms with Crippen LogP contribution in [0.5, 0.6) is 0 Å². The minimum Gasteiger partial charge on any atom is -0.569 e. The number of aryl methyl sites for hydroxylation is 1. The van der Waals surface area contributed by atoms with E-state index in [4.69, 9.17) is 9.57 Å². The molecular weight excluding hydrogens is 693 g/mol. The van der Waals surface area contributed by atoms with Crippen molar-refractivity contribution < 1.29 is 60.0 Å². The lowest BCUT2D eigenvalue weighted by Crippen LogP contribution is -2.39. The summed E-state index contributed by atoms with van der Waals surface area (Å²) in [6, 6.07) is 11.5. The molecule has 0 bridgehead atoms. The highest BCUT2D eigenvalue weighted by molar-refractivity contribution is 7.90. The fraction of sp³-hybridized carbons (Fsp3) is 0.400. The van der Waals surface area contributed by atoms with Crippen LogP contribution in [0.15, 0.2) is 64.8 Å². The van der Waals surface area contributed by atoms with Crippen molar-refractivity contribution in [3.8, 4) is 16.9 Å². The molecule has 1 aromatic heterocycles. The zero-order valence-corrected chi connectivity index (χ0v) is 28.4. The Hall–Kier alpha value is -5.40. The van der Waals surface area contributed by atoms with Gasteiger partial charge in [-0.2, -0.15) is 18.3 Å². The number of hydrogen-bond acceptors (Lipinski definition) is 12. The first kappa shape index (κ1) is 39.0. The lowest BCUT2D eigenvalue weighted by atomic mass is 10.1. The Morgan fingerprint density at radius 2 is 1.70 bits per heavy atom. The molecule has 2 aromatic carbocycles. The van der Waals surface area contributed by atoms with Gasteiger partial charge in [0.15, 0.2) is 5.69 Å². The molecule has 0 fully saturated rings. The Kier molecular flexibility index (Phi) is 13.1. The molecule has 0 saturated carbocycles. The highest BCUT2D eigenvalue weighted by Gasteiger charge is 2.35. The summed E-state index contributed by atoms with van der Waals surface area (Å²) in [6.45, 7) is 5.93. The first-order chi connectivity index (χ1) is 23.4. The van der Waals surface area contributed by atoms with Gasteiger partial charge in [-0.25, -0.2) is 22.6 Å². The molecule has 1 N–H and O–H groups in total. The zero-order valence-electron chi connectivity index (χ0n) is 27.5. The maximum atomic E-state index is 13.5. The van der Waals surface area contributed by atoms with Gasteiger partial charge in [0, 0.05) is 18.9 Å². The van der Waals surface area contributed by atoms with Crippen LogP contribution in [0.2, 0.25) is 0 Å². The summed E-state index contributed by atoms with van der Waals surface area (Å²) in [6.07, 6.45) is -8.06. The summed E-state index contributed by atoms with van der Waals surface area (Å²) < 4.78 is 83.3. The van der Waals surface area contributed by atoms with Gasteiger partial charge in [-0.15, -0.1) is 5.01 Å². The summed E-state index contributed by atoms with van der Waals surface area (Å²) in [7, 11) is -3.12. The number of amides is 1. The number of nitrogens with one attached hydrogen (secondary N) is 1. The minimum absolute atomic E-state index is 0.0200. The Bertz CT molecular complexity index is 1780. The Morgan fingerprint density at radius 3 is 2.30 bits per heavy atom. The van der Waals surface area contributed by atoms with E-state index in [-0.39, 0.29) is 34.5 Å². The van der Waals surface area contributed by atoms with Crippen molar-refractivity contribution in [1.29, 1.82) is 0 Å². The van der Waals surface area contributed by atoms with Crippen LogP contribution in [0, 0.1) is 12.1 Å². The van der Waals surface area contributed by atoms with Gasteiger partial charge >= 0.3 is 18.3 Å². The van der Waals surface area contributed by atoms with Crippen LogP contribution in [0.25, 0.3) is 16.9 Å². The summed E-state index contributed by atoms with van der Waals surface area (Å²) in [5, 5.41) is 20.0. The predicted molar refractivity (Wildman–Crippen MR) is 166 cm³/mol. The van der Waals surface area contributed by atoms with Crippen LogP contribution in [0.4, 0.5) is 18.0 Å². The van der Waals surface area contributed by atoms with E-state index >= 15 is 0 Å². The smallest absolute Gasteiger partial charge is 0.511 e. The second-order valence-corrected chi connectivity index (χ2v) is 12.3. The number of carbonyl (C=O) groups is 3. The molecule has 3 aromatic rings. The molecular formula is C30H35F3N6O10S. The van der Waals surface area contributed by atoms with Crippen LogP contribution < -0.4 is 4.72 Å². The Balaban J connectivity index is 1.54. The number of ether oxygens (including phenoxy) is 3. The number of carbonyl (C=O) groups excluding carboxylic acids is 3. The van der Waals surface area contributed by atoms with Gasteiger partial charge in [0.25, 0.3) is 16.3 Å². The molecule has 0 aliphatic carbocycles. The number of rotatable bonds is 15. The summed E-state index contributed by atoms with van der Waals surface area (Å²) in [5.41, 5.74) is 0.452. The van der Waals surface area contributed by atoms with Crippen molar-refractivity contribution >= 4 is 28.1 Å². The molecule has 16 nitrogen and oxygen atoms in total. The lowest BCUT2D eigenvalue weighted by Gasteiger charge is -2.20. The second kappa shape index (κ2) is 16.8. The van der Waals surface area contributed by atoms with Crippen LogP contribution in [-0.4, -0.2) is 78.8 Å². The number of halogens is 3. The number of benzene rings is 2. The van der Waals surface area contributed by atoms with Crippen molar-refractivity contribution in [2.24, 2.45) is 5.28 Å². The first-order valence-electron chi connectivity index (χ1n) is 14.9. The molecule has 20 heteroatoms. The van der Waals surface area contributed by atoms with Gasteiger partial charge in [-0.05, 0) is 51.1 Å². The van der Waals surface area contributed by atoms with E-state index in [1.54, 1.807) is 31.2 Å².